The summed E-state index contributed by atoms with van der Waals surface area (Å²) >= 11 is 14.0. The Labute approximate surface area is 328 Å². The fourth-order valence-electron chi connectivity index (χ4n) is 7.41. The molecule has 0 amide bonds. The molecule has 0 bridgehead atoms. The molecule has 2 aliphatic rings. The number of pyridine rings is 2. The quantitative estimate of drug-likeness (QED) is 0.120. The van der Waals surface area contributed by atoms with Gasteiger partial charge in [0.15, 0.2) is 0 Å². The van der Waals surface area contributed by atoms with Gasteiger partial charge in [0.1, 0.15) is 16.9 Å². The minimum Gasteiger partial charge on any atom is -0.542 e. The van der Waals surface area contributed by atoms with Crippen LogP contribution in [0.2, 0.25) is 10.0 Å². The Morgan fingerprint density at radius 1 is 1.02 bits per heavy atom. The van der Waals surface area contributed by atoms with Crippen LogP contribution >= 0.6 is 23.2 Å². The fourth-order valence-corrected chi connectivity index (χ4v) is 8.01. The number of methoxy groups -OCH3 is 1. The van der Waals surface area contributed by atoms with E-state index in [2.05, 4.69) is 15.2 Å². The van der Waals surface area contributed by atoms with E-state index in [0.29, 0.717) is 45.8 Å². The number of ether oxygens (including phenoxy) is 1. The van der Waals surface area contributed by atoms with E-state index in [1.54, 1.807) is 25.3 Å². The van der Waals surface area contributed by atoms with E-state index >= 15 is 0 Å². The number of alkyl halides is 3. The van der Waals surface area contributed by atoms with Gasteiger partial charge in [-0.3, -0.25) is 20.2 Å². The average molecular weight is 821 g/mol. The van der Waals surface area contributed by atoms with E-state index in [-0.39, 0.29) is 44.7 Å². The summed E-state index contributed by atoms with van der Waals surface area (Å²) in [6, 6.07) is 13.2. The molecular weight excluding hydrogens is 787 g/mol. The first-order chi connectivity index (χ1) is 25.3. The summed E-state index contributed by atoms with van der Waals surface area (Å²) in [6.07, 6.45) is 0.979. The Balaban J connectivity index is 0.00000497. The van der Waals surface area contributed by atoms with Crippen LogP contribution in [0.25, 0.3) is 33.3 Å². The van der Waals surface area contributed by atoms with Crippen molar-refractivity contribution in [3.8, 4) is 28.3 Å². The van der Waals surface area contributed by atoms with Crippen LogP contribution in [-0.2, 0) is 48.6 Å². The standard InChI is InChI=1S/C38H33Cl2F3N6O4.Mn/c1-47-28-18-29(38(41,42)43)46-34(31(28)36(51)48(2)37(47)52)44-25-11-5-9-23(33(25)40)22-8-4-10-24(32(22)39)26-17-21-12-13-27(30(21)35(45-26)53-3)49-15-14-20(19-49)7-6-16-50;/h4-5,8-11,17-18,27H,6-7,12-15,19H2,1-3H3,(H,44,46);/q-2;+2/t27-;/m0./s1. The number of anilines is 2. The first-order valence-electron chi connectivity index (χ1n) is 16.9. The second-order valence-electron chi connectivity index (χ2n) is 13.2. The van der Waals surface area contributed by atoms with Crippen molar-refractivity contribution in [1.82, 2.24) is 24.0 Å². The van der Waals surface area contributed by atoms with Crippen LogP contribution < -0.4 is 21.3 Å². The minimum absolute atomic E-state index is 0. The van der Waals surface area contributed by atoms with Crippen molar-refractivity contribution in [2.75, 3.05) is 25.5 Å². The van der Waals surface area contributed by atoms with Crippen LogP contribution in [-0.4, -0.2) is 50.5 Å². The summed E-state index contributed by atoms with van der Waals surface area (Å²) in [4.78, 5) is 47.7. The number of aromatic nitrogens is 4. The maximum Gasteiger partial charge on any atom is 2.00 e. The van der Waals surface area contributed by atoms with Crippen LogP contribution in [0.1, 0.15) is 48.5 Å². The van der Waals surface area contributed by atoms with Gasteiger partial charge in [-0.2, -0.15) is 26.0 Å². The van der Waals surface area contributed by atoms with Crippen LogP contribution in [0.15, 0.2) is 58.1 Å². The number of carbonyl (C=O) groups excluding carboxylic acids is 1. The number of rotatable bonds is 9. The molecule has 1 saturated heterocycles. The largest absolute Gasteiger partial charge is 2.00 e. The molecule has 54 heavy (non-hydrogen) atoms. The zero-order chi connectivity index (χ0) is 37.8. The number of nitrogens with zero attached hydrogens (tertiary/aromatic N) is 5. The normalized spacial score (nSPS) is 16.0. The third kappa shape index (κ3) is 7.06. The minimum atomic E-state index is -4.87. The molecule has 1 aliphatic carbocycles. The second kappa shape index (κ2) is 15.5. The number of hydrogen-bond acceptors (Lipinski definition) is 8. The van der Waals surface area contributed by atoms with Gasteiger partial charge in [-0.15, -0.1) is 6.54 Å². The molecule has 1 radical (unpaired) electrons. The Hall–Kier alpha value is -4.20. The zero-order valence-electron chi connectivity index (χ0n) is 29.3. The van der Waals surface area contributed by atoms with Gasteiger partial charge in [-0.25, -0.2) is 21.2 Å². The van der Waals surface area contributed by atoms with Crippen molar-refractivity contribution < 1.29 is 39.8 Å². The monoisotopic (exact) mass is 819 g/mol. The van der Waals surface area contributed by atoms with Crippen LogP contribution in [0, 0.1) is 5.92 Å². The molecule has 0 unspecified atom stereocenters. The van der Waals surface area contributed by atoms with E-state index in [0.717, 1.165) is 59.0 Å². The van der Waals surface area contributed by atoms with Crippen molar-refractivity contribution in [1.29, 1.82) is 0 Å². The van der Waals surface area contributed by atoms with E-state index < -0.39 is 28.9 Å². The predicted octanol–water partition coefficient (Wildman–Crippen LogP) is 7.59. The van der Waals surface area contributed by atoms with Crippen LogP contribution in [0.4, 0.5) is 24.7 Å². The van der Waals surface area contributed by atoms with Gasteiger partial charge in [0.2, 0.25) is 5.88 Å². The van der Waals surface area contributed by atoms with Gasteiger partial charge in [-0.1, -0.05) is 53.5 Å². The van der Waals surface area contributed by atoms with Crippen molar-refractivity contribution in [2.24, 2.45) is 14.1 Å². The number of fused-ring (bicyclic) bond motifs is 2. The molecule has 1 fully saturated rings. The Kier molecular flexibility index (Phi) is 11.3. The van der Waals surface area contributed by atoms with Gasteiger partial charge >= 0.3 is 28.9 Å². The molecular formula is C38H33Cl2F3MnN6O4. The van der Waals surface area contributed by atoms with Crippen molar-refractivity contribution in [2.45, 2.75) is 44.3 Å². The molecule has 7 rings (SSSR count). The SMILES string of the molecule is COc1nc(-c2cccc(-c3cccc(Nc4nc(C(F)(F)F)cc5c4c(=O)n(C)c(=O)n5C)c3Cl)c2Cl)cc2c1[C@@H](N1CC[C-](CC[C-]=O)C1)CC2.[Mn+2]. The number of halogens is 5. The van der Waals surface area contributed by atoms with Crippen molar-refractivity contribution >= 4 is 51.9 Å². The van der Waals surface area contributed by atoms with Gasteiger partial charge in [0, 0.05) is 42.4 Å². The summed E-state index contributed by atoms with van der Waals surface area (Å²) in [5, 5.41) is 3.06. The summed E-state index contributed by atoms with van der Waals surface area (Å²) in [7, 11) is 4.11. The number of benzene rings is 2. The molecule has 1 aliphatic heterocycles. The van der Waals surface area contributed by atoms with Crippen molar-refractivity contribution in [3.63, 3.8) is 0 Å². The van der Waals surface area contributed by atoms with Crippen LogP contribution in [0.3, 0.4) is 0 Å². The maximum atomic E-state index is 14.0. The molecule has 2 aromatic carbocycles. The van der Waals surface area contributed by atoms with E-state index in [9.17, 15) is 27.6 Å². The van der Waals surface area contributed by atoms with Gasteiger partial charge in [-0.05, 0) is 43.1 Å². The van der Waals surface area contributed by atoms with Crippen molar-refractivity contribution in [3.05, 3.63) is 102 Å². The third-order valence-corrected chi connectivity index (χ3v) is 10.9. The summed E-state index contributed by atoms with van der Waals surface area (Å²) in [5.74, 6) is 1.45. The molecule has 0 saturated carbocycles. The molecule has 10 nitrogen and oxygen atoms in total. The number of hydrogen-bond donors (Lipinski definition) is 1. The second-order valence-corrected chi connectivity index (χ2v) is 13.9. The van der Waals surface area contributed by atoms with Gasteiger partial charge in [0.25, 0.3) is 5.56 Å². The van der Waals surface area contributed by atoms with Crippen LogP contribution in [0.5, 0.6) is 5.88 Å². The van der Waals surface area contributed by atoms with Gasteiger partial charge < -0.3 is 25.7 Å². The summed E-state index contributed by atoms with van der Waals surface area (Å²) < 4.78 is 49.5. The summed E-state index contributed by atoms with van der Waals surface area (Å²) in [5.41, 5.74) is 1.40. The zero-order valence-corrected chi connectivity index (χ0v) is 32.0. The summed E-state index contributed by atoms with van der Waals surface area (Å²) in [6.45, 7) is 1.73. The van der Waals surface area contributed by atoms with Gasteiger partial charge in [0.05, 0.1) is 34.1 Å². The Morgan fingerprint density at radius 3 is 2.43 bits per heavy atom. The number of likely N-dealkylation sites (tertiary alicyclic amines) is 1. The van der Waals surface area contributed by atoms with E-state index in [1.165, 1.54) is 26.1 Å². The maximum absolute atomic E-state index is 14.0. The third-order valence-electron chi connectivity index (χ3n) is 10.1. The molecule has 281 valence electrons. The first kappa shape index (κ1) is 39.5. The number of nitrogens with one attached hydrogen (secondary N) is 1. The topological polar surface area (TPSA) is 111 Å². The Morgan fingerprint density at radius 2 is 1.72 bits per heavy atom. The smallest absolute Gasteiger partial charge is 0.542 e. The van der Waals surface area contributed by atoms with E-state index in [4.69, 9.17) is 32.9 Å². The molecule has 0 spiro atoms. The molecule has 4 heterocycles. The first-order valence-corrected chi connectivity index (χ1v) is 17.6. The average Bonchev–Trinajstić information content (AvgIpc) is 3.79. The fraction of sp³-hybridized carbons (Fsp3) is 0.316. The molecule has 16 heteroatoms. The molecule has 1 N–H and O–H groups in total. The predicted molar refractivity (Wildman–Crippen MR) is 198 cm³/mol. The van der Waals surface area contributed by atoms with E-state index in [1.807, 2.05) is 24.5 Å². The molecule has 5 aromatic rings. The molecule has 3 aromatic heterocycles. The number of aryl methyl sites for hydroxylation is 2. The molecule has 1 atom stereocenters. The Bertz CT molecular complexity index is 2400.